The van der Waals surface area contributed by atoms with Gasteiger partial charge in [0.1, 0.15) is 0 Å². The first-order valence-corrected chi connectivity index (χ1v) is 5.63. The Bertz CT molecular complexity index is 608. The molecule has 0 spiro atoms. The maximum absolute atomic E-state index is 10.7. The largest absolute Gasteiger partial charge is 0.481 e. The Kier molecular flexibility index (Phi) is 3.03. The minimum atomic E-state index is -0.847. The zero-order valence-corrected chi connectivity index (χ0v) is 10.4. The summed E-state index contributed by atoms with van der Waals surface area (Å²) < 4.78 is 0. The smallest absolute Gasteiger partial charge is 0.307 e. The summed E-state index contributed by atoms with van der Waals surface area (Å²) in [6, 6.07) is 5.43. The number of aliphatic carboxylic acids is 1. The normalized spacial score (nSPS) is 10.8. The molecule has 1 aromatic carbocycles. The summed E-state index contributed by atoms with van der Waals surface area (Å²) in [7, 11) is 0. The van der Waals surface area contributed by atoms with Crippen LogP contribution in [0.5, 0.6) is 0 Å². The fourth-order valence-electron chi connectivity index (χ4n) is 1.93. The Labute approximate surface area is 104 Å². The van der Waals surface area contributed by atoms with Crippen molar-refractivity contribution in [3.63, 3.8) is 0 Å². The minimum Gasteiger partial charge on any atom is -0.481 e. The van der Waals surface area contributed by atoms with Gasteiger partial charge in [0, 0.05) is 11.1 Å². The Morgan fingerprint density at radius 1 is 1.35 bits per heavy atom. The van der Waals surface area contributed by atoms with E-state index in [1.54, 1.807) is 12.1 Å². The van der Waals surface area contributed by atoms with E-state index in [9.17, 15) is 4.79 Å². The predicted octanol–water partition coefficient (Wildman–Crippen LogP) is 3.13. The molecule has 2 rings (SSSR count). The summed E-state index contributed by atoms with van der Waals surface area (Å²) in [6.45, 7) is 3.80. The van der Waals surface area contributed by atoms with Gasteiger partial charge in [0.2, 0.25) is 0 Å². The molecule has 1 heterocycles. The molecular weight excluding hydrogens is 238 g/mol. The van der Waals surface area contributed by atoms with Crippen LogP contribution < -0.4 is 0 Å². The molecule has 4 heteroatoms. The molecule has 0 atom stereocenters. The van der Waals surface area contributed by atoms with Crippen LogP contribution in [0.15, 0.2) is 18.2 Å². The number of nitrogens with zero attached hydrogens (tertiary/aromatic N) is 1. The molecule has 0 bridgehead atoms. The summed E-state index contributed by atoms with van der Waals surface area (Å²) >= 11 is 6.16. The molecule has 3 nitrogen and oxygen atoms in total. The second-order valence-corrected chi connectivity index (χ2v) is 4.53. The van der Waals surface area contributed by atoms with E-state index >= 15 is 0 Å². The summed E-state index contributed by atoms with van der Waals surface area (Å²) in [6.07, 6.45) is 0.000977. The molecule has 0 aliphatic heterocycles. The lowest BCUT2D eigenvalue weighted by molar-refractivity contribution is -0.136. The molecular formula is C13H12ClNO2. The van der Waals surface area contributed by atoms with Gasteiger partial charge in [0.25, 0.3) is 0 Å². The molecule has 1 N–H and O–H groups in total. The number of carbonyl (C=O) groups is 1. The molecule has 0 fully saturated rings. The first-order chi connectivity index (χ1) is 7.97. The van der Waals surface area contributed by atoms with Gasteiger partial charge in [0.15, 0.2) is 0 Å². The molecule has 0 unspecified atom stereocenters. The lowest BCUT2D eigenvalue weighted by atomic mass is 10.0. The van der Waals surface area contributed by atoms with Crippen LogP contribution in [0.4, 0.5) is 0 Å². The first-order valence-electron chi connectivity index (χ1n) is 5.25. The van der Waals surface area contributed by atoms with Gasteiger partial charge >= 0.3 is 5.97 Å². The van der Waals surface area contributed by atoms with Gasteiger partial charge in [-0.25, -0.2) is 0 Å². The highest BCUT2D eigenvalue weighted by atomic mass is 35.5. The second-order valence-electron chi connectivity index (χ2n) is 4.12. The van der Waals surface area contributed by atoms with E-state index in [-0.39, 0.29) is 6.42 Å². The molecule has 1 aromatic heterocycles. The summed E-state index contributed by atoms with van der Waals surface area (Å²) in [5, 5.41) is 10.2. The van der Waals surface area contributed by atoms with Crippen molar-refractivity contribution in [1.82, 2.24) is 4.98 Å². The molecule has 88 valence electrons. The number of carboxylic acid groups (broad SMARTS) is 1. The highest BCUT2D eigenvalue weighted by Gasteiger charge is 2.09. The monoisotopic (exact) mass is 249 g/mol. The van der Waals surface area contributed by atoms with Crippen molar-refractivity contribution in [1.29, 1.82) is 0 Å². The van der Waals surface area contributed by atoms with Gasteiger partial charge in [0.05, 0.1) is 17.0 Å². The molecule has 17 heavy (non-hydrogen) atoms. The molecule has 0 aliphatic rings. The fraction of sp³-hybridized carbons (Fsp3) is 0.231. The quantitative estimate of drug-likeness (QED) is 0.890. The number of benzene rings is 1. The second kappa shape index (κ2) is 4.34. The number of aryl methyl sites for hydroxylation is 2. The average Bonchev–Trinajstić information content (AvgIpc) is 2.19. The van der Waals surface area contributed by atoms with Crippen molar-refractivity contribution in [2.45, 2.75) is 20.3 Å². The third kappa shape index (κ3) is 2.39. The average molecular weight is 250 g/mol. The lowest BCUT2D eigenvalue weighted by Crippen LogP contribution is -2.01. The van der Waals surface area contributed by atoms with E-state index in [0.29, 0.717) is 5.02 Å². The Morgan fingerprint density at radius 2 is 2.06 bits per heavy atom. The van der Waals surface area contributed by atoms with Crippen molar-refractivity contribution in [3.8, 4) is 0 Å². The van der Waals surface area contributed by atoms with Crippen LogP contribution in [0, 0.1) is 13.8 Å². The van der Waals surface area contributed by atoms with Gasteiger partial charge in [-0.1, -0.05) is 17.7 Å². The standard InChI is InChI=1S/C13H12ClNO2/c1-7-3-9(6-12(16)17)5-10-11(14)4-8(2)15-13(7)10/h3-5H,6H2,1-2H3,(H,16,17). The van der Waals surface area contributed by atoms with Crippen molar-refractivity contribution in [2.24, 2.45) is 0 Å². The van der Waals surface area contributed by atoms with Crippen molar-refractivity contribution >= 4 is 28.5 Å². The summed E-state index contributed by atoms with van der Waals surface area (Å²) in [5.74, 6) is -0.847. The van der Waals surface area contributed by atoms with Crippen LogP contribution >= 0.6 is 11.6 Å². The van der Waals surface area contributed by atoms with Crippen LogP contribution in [-0.2, 0) is 11.2 Å². The van der Waals surface area contributed by atoms with Crippen molar-refractivity contribution < 1.29 is 9.90 Å². The topological polar surface area (TPSA) is 50.2 Å². The molecule has 2 aromatic rings. The van der Waals surface area contributed by atoms with E-state index < -0.39 is 5.97 Å². The molecule has 0 radical (unpaired) electrons. The molecule has 0 amide bonds. The summed E-state index contributed by atoms with van der Waals surface area (Å²) in [4.78, 5) is 15.1. The first kappa shape index (κ1) is 11.9. The minimum absolute atomic E-state index is 0.000977. The lowest BCUT2D eigenvalue weighted by Gasteiger charge is -2.07. The van der Waals surface area contributed by atoms with Crippen LogP contribution in [0.3, 0.4) is 0 Å². The number of pyridine rings is 1. The van der Waals surface area contributed by atoms with Gasteiger partial charge in [-0.05, 0) is 37.1 Å². The van der Waals surface area contributed by atoms with Crippen LogP contribution in [-0.4, -0.2) is 16.1 Å². The Morgan fingerprint density at radius 3 is 2.71 bits per heavy atom. The highest BCUT2D eigenvalue weighted by molar-refractivity contribution is 6.35. The third-order valence-corrected chi connectivity index (χ3v) is 2.91. The van der Waals surface area contributed by atoms with Crippen molar-refractivity contribution in [3.05, 3.63) is 40.0 Å². The van der Waals surface area contributed by atoms with Gasteiger partial charge in [-0.3, -0.25) is 9.78 Å². The van der Waals surface area contributed by atoms with Crippen molar-refractivity contribution in [2.75, 3.05) is 0 Å². The SMILES string of the molecule is Cc1cc(Cl)c2cc(CC(=O)O)cc(C)c2n1. The number of hydrogen-bond donors (Lipinski definition) is 1. The van der Waals surface area contributed by atoms with E-state index in [1.165, 1.54) is 0 Å². The number of hydrogen-bond acceptors (Lipinski definition) is 2. The highest BCUT2D eigenvalue weighted by Crippen LogP contribution is 2.27. The van der Waals surface area contributed by atoms with E-state index in [4.69, 9.17) is 16.7 Å². The molecule has 0 aliphatic carbocycles. The number of fused-ring (bicyclic) bond motifs is 1. The van der Waals surface area contributed by atoms with Gasteiger partial charge in [-0.2, -0.15) is 0 Å². The van der Waals surface area contributed by atoms with Gasteiger partial charge in [-0.15, -0.1) is 0 Å². The zero-order valence-electron chi connectivity index (χ0n) is 9.62. The molecule has 0 saturated carbocycles. The number of aromatic nitrogens is 1. The maximum atomic E-state index is 10.7. The molecule has 0 saturated heterocycles. The number of halogens is 1. The fourth-order valence-corrected chi connectivity index (χ4v) is 2.23. The zero-order chi connectivity index (χ0) is 12.6. The Hall–Kier alpha value is -1.61. The number of rotatable bonds is 2. The van der Waals surface area contributed by atoms with Gasteiger partial charge < -0.3 is 5.11 Å². The van der Waals surface area contributed by atoms with E-state index in [0.717, 1.165) is 27.7 Å². The summed E-state index contributed by atoms with van der Waals surface area (Å²) in [5.41, 5.74) is 3.39. The van der Waals surface area contributed by atoms with E-state index in [2.05, 4.69) is 4.98 Å². The third-order valence-electron chi connectivity index (χ3n) is 2.60. The van der Waals surface area contributed by atoms with Crippen LogP contribution in [0.2, 0.25) is 5.02 Å². The number of carboxylic acids is 1. The predicted molar refractivity (Wildman–Crippen MR) is 67.6 cm³/mol. The maximum Gasteiger partial charge on any atom is 0.307 e. The Balaban J connectivity index is 2.68. The van der Waals surface area contributed by atoms with E-state index in [1.807, 2.05) is 19.9 Å². The van der Waals surface area contributed by atoms with Crippen LogP contribution in [0.1, 0.15) is 16.8 Å². The van der Waals surface area contributed by atoms with Crippen LogP contribution in [0.25, 0.3) is 10.9 Å².